The number of hydrogen-bond donors (Lipinski definition) is 1. The van der Waals surface area contributed by atoms with Crippen LogP contribution in [0.3, 0.4) is 0 Å². The molecular formula is C12H15NO3. The van der Waals surface area contributed by atoms with Crippen LogP contribution >= 0.6 is 0 Å². The molecule has 1 atom stereocenters. The van der Waals surface area contributed by atoms with Gasteiger partial charge in [-0.2, -0.15) is 0 Å². The van der Waals surface area contributed by atoms with Crippen LogP contribution in [0.15, 0.2) is 28.9 Å². The lowest BCUT2D eigenvalue weighted by atomic mass is 10.2. The summed E-state index contributed by atoms with van der Waals surface area (Å²) in [6, 6.07) is 3.54. The number of nitrogens with zero attached hydrogens (tertiary/aromatic N) is 1. The average molecular weight is 221 g/mol. The van der Waals surface area contributed by atoms with Gasteiger partial charge in [0.05, 0.1) is 18.9 Å². The Bertz CT molecular complexity index is 370. The molecule has 0 bridgehead atoms. The molecule has 0 aliphatic carbocycles. The van der Waals surface area contributed by atoms with Gasteiger partial charge in [0.2, 0.25) is 5.91 Å². The number of aliphatic hydroxyl groups excluding tert-OH is 1. The first-order valence-corrected chi connectivity index (χ1v) is 5.44. The van der Waals surface area contributed by atoms with Crippen LogP contribution in [0.25, 0.3) is 6.08 Å². The van der Waals surface area contributed by atoms with Gasteiger partial charge >= 0.3 is 0 Å². The van der Waals surface area contributed by atoms with Crippen LogP contribution in [0.2, 0.25) is 0 Å². The molecule has 1 aromatic heterocycles. The van der Waals surface area contributed by atoms with Crippen LogP contribution in [0.1, 0.15) is 18.6 Å². The zero-order valence-corrected chi connectivity index (χ0v) is 9.00. The van der Waals surface area contributed by atoms with Crippen molar-refractivity contribution in [2.45, 2.75) is 18.9 Å². The quantitative estimate of drug-likeness (QED) is 0.782. The van der Waals surface area contributed by atoms with E-state index in [0.29, 0.717) is 5.76 Å². The first-order chi connectivity index (χ1) is 7.81. The maximum Gasteiger partial charge on any atom is 0.247 e. The lowest BCUT2D eigenvalue weighted by Gasteiger charge is -2.21. The fourth-order valence-electron chi connectivity index (χ4n) is 1.95. The second-order valence-corrected chi connectivity index (χ2v) is 3.86. The van der Waals surface area contributed by atoms with Crippen LogP contribution in [0.4, 0.5) is 0 Å². The summed E-state index contributed by atoms with van der Waals surface area (Å²) in [5, 5.41) is 9.10. The fourth-order valence-corrected chi connectivity index (χ4v) is 1.95. The van der Waals surface area contributed by atoms with E-state index in [2.05, 4.69) is 0 Å². The highest BCUT2D eigenvalue weighted by molar-refractivity contribution is 5.91. The average Bonchev–Trinajstić information content (AvgIpc) is 2.96. The van der Waals surface area contributed by atoms with Gasteiger partial charge in [-0.3, -0.25) is 4.79 Å². The second kappa shape index (κ2) is 4.99. The van der Waals surface area contributed by atoms with E-state index >= 15 is 0 Å². The smallest absolute Gasteiger partial charge is 0.247 e. The molecule has 4 heteroatoms. The van der Waals surface area contributed by atoms with Crippen molar-refractivity contribution in [3.8, 4) is 0 Å². The summed E-state index contributed by atoms with van der Waals surface area (Å²) in [5.74, 6) is 0.598. The van der Waals surface area contributed by atoms with Crippen molar-refractivity contribution in [3.63, 3.8) is 0 Å². The summed E-state index contributed by atoms with van der Waals surface area (Å²) in [6.07, 6.45) is 6.56. The summed E-state index contributed by atoms with van der Waals surface area (Å²) >= 11 is 0. The number of rotatable bonds is 3. The van der Waals surface area contributed by atoms with Gasteiger partial charge in [0.25, 0.3) is 0 Å². The molecule has 1 fully saturated rings. The number of amides is 1. The Morgan fingerprint density at radius 3 is 3.25 bits per heavy atom. The van der Waals surface area contributed by atoms with Crippen LogP contribution in [-0.4, -0.2) is 35.1 Å². The number of carbonyl (C=O) groups excluding carboxylic acids is 1. The van der Waals surface area contributed by atoms with E-state index in [0.717, 1.165) is 19.4 Å². The molecule has 16 heavy (non-hydrogen) atoms. The molecule has 1 N–H and O–H groups in total. The molecule has 2 heterocycles. The summed E-state index contributed by atoms with van der Waals surface area (Å²) in [5.41, 5.74) is 0. The number of likely N-dealkylation sites (tertiary alicyclic amines) is 1. The van der Waals surface area contributed by atoms with E-state index in [9.17, 15) is 4.79 Å². The van der Waals surface area contributed by atoms with E-state index in [1.54, 1.807) is 29.4 Å². The molecule has 2 rings (SSSR count). The van der Waals surface area contributed by atoms with Gasteiger partial charge in [-0.05, 0) is 31.1 Å². The molecule has 0 spiro atoms. The zero-order valence-electron chi connectivity index (χ0n) is 9.00. The van der Waals surface area contributed by atoms with Gasteiger partial charge in [0, 0.05) is 12.6 Å². The lowest BCUT2D eigenvalue weighted by molar-refractivity contribution is -0.127. The second-order valence-electron chi connectivity index (χ2n) is 3.86. The summed E-state index contributed by atoms with van der Waals surface area (Å²) < 4.78 is 5.09. The van der Waals surface area contributed by atoms with Gasteiger partial charge in [-0.25, -0.2) is 0 Å². The van der Waals surface area contributed by atoms with E-state index in [-0.39, 0.29) is 18.6 Å². The molecular weight excluding hydrogens is 206 g/mol. The predicted octanol–water partition coefficient (Wildman–Crippen LogP) is 1.28. The largest absolute Gasteiger partial charge is 0.465 e. The van der Waals surface area contributed by atoms with Crippen molar-refractivity contribution < 1.29 is 14.3 Å². The molecule has 0 aromatic carbocycles. The minimum atomic E-state index is -0.0621. The monoisotopic (exact) mass is 221 g/mol. The van der Waals surface area contributed by atoms with Crippen LogP contribution < -0.4 is 0 Å². The Balaban J connectivity index is 1.97. The molecule has 0 radical (unpaired) electrons. The predicted molar refractivity (Wildman–Crippen MR) is 59.6 cm³/mol. The van der Waals surface area contributed by atoms with Gasteiger partial charge in [-0.15, -0.1) is 0 Å². The molecule has 4 nitrogen and oxygen atoms in total. The Morgan fingerprint density at radius 1 is 1.69 bits per heavy atom. The SMILES string of the molecule is O=C(C=Cc1ccco1)N1CCC[C@@H]1CO. The Morgan fingerprint density at radius 2 is 2.56 bits per heavy atom. The van der Waals surface area contributed by atoms with Crippen molar-refractivity contribution in [2.75, 3.05) is 13.2 Å². The minimum Gasteiger partial charge on any atom is -0.465 e. The third kappa shape index (κ3) is 2.33. The van der Waals surface area contributed by atoms with Crippen molar-refractivity contribution in [1.82, 2.24) is 4.90 Å². The highest BCUT2D eigenvalue weighted by atomic mass is 16.3. The number of hydrogen-bond acceptors (Lipinski definition) is 3. The fraction of sp³-hybridized carbons (Fsp3) is 0.417. The third-order valence-corrected chi connectivity index (χ3v) is 2.80. The number of furan rings is 1. The Hall–Kier alpha value is -1.55. The van der Waals surface area contributed by atoms with Crippen molar-refractivity contribution in [3.05, 3.63) is 30.2 Å². The maximum absolute atomic E-state index is 11.8. The molecule has 0 saturated carbocycles. The minimum absolute atomic E-state index is 0.0197. The molecule has 1 amide bonds. The van der Waals surface area contributed by atoms with E-state index in [4.69, 9.17) is 9.52 Å². The lowest BCUT2D eigenvalue weighted by Crippen LogP contribution is -2.36. The molecule has 86 valence electrons. The first kappa shape index (κ1) is 11.0. The molecule has 1 saturated heterocycles. The highest BCUT2D eigenvalue weighted by Crippen LogP contribution is 2.17. The van der Waals surface area contributed by atoms with Gasteiger partial charge < -0.3 is 14.4 Å². The van der Waals surface area contributed by atoms with Gasteiger partial charge in [0.15, 0.2) is 0 Å². The Kier molecular flexibility index (Phi) is 3.41. The van der Waals surface area contributed by atoms with Crippen LogP contribution in [0.5, 0.6) is 0 Å². The van der Waals surface area contributed by atoms with Crippen molar-refractivity contribution in [1.29, 1.82) is 0 Å². The normalized spacial score (nSPS) is 20.8. The topological polar surface area (TPSA) is 53.7 Å². The van der Waals surface area contributed by atoms with E-state index < -0.39 is 0 Å². The first-order valence-electron chi connectivity index (χ1n) is 5.44. The molecule has 1 aliphatic heterocycles. The maximum atomic E-state index is 11.8. The van der Waals surface area contributed by atoms with E-state index in [1.165, 1.54) is 6.08 Å². The number of carbonyl (C=O) groups is 1. The van der Waals surface area contributed by atoms with Crippen molar-refractivity contribution in [2.24, 2.45) is 0 Å². The highest BCUT2D eigenvalue weighted by Gasteiger charge is 2.26. The summed E-state index contributed by atoms with van der Waals surface area (Å²) in [7, 11) is 0. The van der Waals surface area contributed by atoms with Gasteiger partial charge in [-0.1, -0.05) is 0 Å². The summed E-state index contributed by atoms with van der Waals surface area (Å²) in [4.78, 5) is 13.5. The molecule has 0 unspecified atom stereocenters. The zero-order chi connectivity index (χ0) is 11.4. The van der Waals surface area contributed by atoms with Crippen LogP contribution in [-0.2, 0) is 4.79 Å². The number of aliphatic hydroxyl groups is 1. The Labute approximate surface area is 94.2 Å². The van der Waals surface area contributed by atoms with Crippen LogP contribution in [0, 0.1) is 0 Å². The molecule has 1 aromatic rings. The van der Waals surface area contributed by atoms with Crippen molar-refractivity contribution >= 4 is 12.0 Å². The standard InChI is InChI=1S/C12H15NO3/c14-9-10-3-1-7-13(10)12(15)6-5-11-4-2-8-16-11/h2,4-6,8,10,14H,1,3,7,9H2/t10-/m1/s1. The van der Waals surface area contributed by atoms with E-state index in [1.807, 2.05) is 0 Å². The van der Waals surface area contributed by atoms with Gasteiger partial charge in [0.1, 0.15) is 5.76 Å². The summed E-state index contributed by atoms with van der Waals surface area (Å²) in [6.45, 7) is 0.771. The molecule has 1 aliphatic rings. The third-order valence-electron chi connectivity index (χ3n) is 2.80.